The quantitative estimate of drug-likeness (QED) is 0.537. The molecule has 0 aliphatic carbocycles. The highest BCUT2D eigenvalue weighted by molar-refractivity contribution is 7.95. The van der Waals surface area contributed by atoms with E-state index >= 15 is 0 Å². The van der Waals surface area contributed by atoms with Crippen molar-refractivity contribution in [1.29, 1.82) is 0 Å². The van der Waals surface area contributed by atoms with Gasteiger partial charge in [0.05, 0.1) is 11.1 Å². The van der Waals surface area contributed by atoms with Crippen LogP contribution in [-0.2, 0) is 10.0 Å². The lowest BCUT2D eigenvalue weighted by molar-refractivity contribution is 0.609. The van der Waals surface area contributed by atoms with Crippen LogP contribution in [0.5, 0.6) is 0 Å². The minimum atomic E-state index is -3.59. The zero-order valence-corrected chi connectivity index (χ0v) is 16.1. The van der Waals surface area contributed by atoms with E-state index in [0.29, 0.717) is 5.69 Å². The van der Waals surface area contributed by atoms with Gasteiger partial charge in [-0.3, -0.25) is 4.72 Å². The zero-order valence-electron chi connectivity index (χ0n) is 15.3. The molecule has 140 valence electrons. The molecule has 0 aliphatic heterocycles. The number of sulfonamides is 1. The molecule has 4 aromatic rings. The second-order valence-electron chi connectivity index (χ2n) is 6.53. The number of anilines is 1. The average Bonchev–Trinajstić information content (AvgIpc) is 3.12. The Morgan fingerprint density at radius 3 is 2.43 bits per heavy atom. The number of hydrogen-bond donors (Lipinski definition) is 1. The van der Waals surface area contributed by atoms with E-state index in [4.69, 9.17) is 0 Å². The first-order chi connectivity index (χ1) is 13.5. The minimum absolute atomic E-state index is 0.501. The fraction of sp³-hybridized carbons (Fsp3) is 0.0455. The van der Waals surface area contributed by atoms with Crippen LogP contribution in [0.25, 0.3) is 23.0 Å². The molecule has 2 heterocycles. The summed E-state index contributed by atoms with van der Waals surface area (Å²) in [6, 6.07) is 20.6. The van der Waals surface area contributed by atoms with Crippen LogP contribution in [-0.4, -0.2) is 17.8 Å². The lowest BCUT2D eigenvalue weighted by Gasteiger charge is -2.05. The molecule has 28 heavy (non-hydrogen) atoms. The molecule has 0 saturated heterocycles. The Balaban J connectivity index is 1.49. The van der Waals surface area contributed by atoms with Gasteiger partial charge >= 0.3 is 0 Å². The van der Waals surface area contributed by atoms with Crippen molar-refractivity contribution in [3.63, 3.8) is 0 Å². The van der Waals surface area contributed by atoms with Gasteiger partial charge in [0.1, 0.15) is 5.65 Å². The number of rotatable bonds is 5. The van der Waals surface area contributed by atoms with E-state index in [1.54, 1.807) is 18.2 Å². The van der Waals surface area contributed by atoms with Crippen LogP contribution in [0.2, 0.25) is 0 Å². The second-order valence-corrected chi connectivity index (χ2v) is 8.10. The predicted octanol–water partition coefficient (Wildman–Crippen LogP) is 4.72. The van der Waals surface area contributed by atoms with Crippen LogP contribution in [0.1, 0.15) is 11.1 Å². The van der Waals surface area contributed by atoms with Gasteiger partial charge in [-0.2, -0.15) is 0 Å². The van der Waals surface area contributed by atoms with Gasteiger partial charge in [0.2, 0.25) is 0 Å². The van der Waals surface area contributed by atoms with E-state index in [9.17, 15) is 8.42 Å². The molecule has 0 aliphatic rings. The van der Waals surface area contributed by atoms with Crippen LogP contribution >= 0.6 is 0 Å². The van der Waals surface area contributed by atoms with Gasteiger partial charge in [-0.05, 0) is 42.8 Å². The van der Waals surface area contributed by atoms with E-state index in [-0.39, 0.29) is 0 Å². The van der Waals surface area contributed by atoms with Crippen LogP contribution in [0.3, 0.4) is 0 Å². The number of imidazole rings is 1. The highest BCUT2D eigenvalue weighted by Crippen LogP contribution is 2.22. The predicted molar refractivity (Wildman–Crippen MR) is 113 cm³/mol. The van der Waals surface area contributed by atoms with Crippen LogP contribution in [0, 0.1) is 6.92 Å². The van der Waals surface area contributed by atoms with Gasteiger partial charge in [-0.1, -0.05) is 48.0 Å². The maximum atomic E-state index is 12.3. The first-order valence-electron chi connectivity index (χ1n) is 8.80. The summed E-state index contributed by atoms with van der Waals surface area (Å²) in [6.45, 7) is 1.99. The molecular weight excluding hydrogens is 370 g/mol. The van der Waals surface area contributed by atoms with Gasteiger partial charge in [0.15, 0.2) is 0 Å². The summed E-state index contributed by atoms with van der Waals surface area (Å²) in [5.74, 6) is 0. The van der Waals surface area contributed by atoms with Gasteiger partial charge < -0.3 is 4.40 Å². The number of aromatic nitrogens is 2. The molecule has 0 unspecified atom stereocenters. The molecule has 0 amide bonds. The average molecular weight is 389 g/mol. The Morgan fingerprint density at radius 1 is 0.964 bits per heavy atom. The standard InChI is InChI=1S/C22H19N3O2S/c1-17-5-7-18(8-6-17)13-15-28(26,27)24-20-11-9-19(10-12-20)21-16-25-14-3-2-4-22(25)23-21/h2-16,24H,1H3/b15-13+. The Bertz CT molecular complexity index is 1210. The van der Waals surface area contributed by atoms with E-state index in [1.165, 1.54) is 5.41 Å². The van der Waals surface area contributed by atoms with Crippen molar-refractivity contribution in [2.24, 2.45) is 0 Å². The van der Waals surface area contributed by atoms with Gasteiger partial charge in [0.25, 0.3) is 10.0 Å². The van der Waals surface area contributed by atoms with E-state index in [2.05, 4.69) is 9.71 Å². The molecular formula is C22H19N3O2S. The van der Waals surface area contributed by atoms with Crippen LogP contribution in [0.15, 0.2) is 84.5 Å². The zero-order chi connectivity index (χ0) is 19.6. The lowest BCUT2D eigenvalue weighted by atomic mass is 10.1. The minimum Gasteiger partial charge on any atom is -0.306 e. The van der Waals surface area contributed by atoms with Crippen molar-refractivity contribution in [3.8, 4) is 11.3 Å². The van der Waals surface area contributed by atoms with E-state index in [1.807, 2.05) is 78.3 Å². The largest absolute Gasteiger partial charge is 0.306 e. The van der Waals surface area contributed by atoms with Crippen LogP contribution < -0.4 is 4.72 Å². The van der Waals surface area contributed by atoms with Crippen molar-refractivity contribution in [1.82, 2.24) is 9.38 Å². The summed E-state index contributed by atoms with van der Waals surface area (Å²) in [6.07, 6.45) is 5.46. The number of benzene rings is 2. The second kappa shape index (κ2) is 7.32. The van der Waals surface area contributed by atoms with Gasteiger partial charge in [-0.15, -0.1) is 0 Å². The summed E-state index contributed by atoms with van der Waals surface area (Å²) < 4.78 is 29.1. The number of nitrogens with zero attached hydrogens (tertiary/aromatic N) is 2. The third kappa shape index (κ3) is 4.13. The van der Waals surface area contributed by atoms with Crippen LogP contribution in [0.4, 0.5) is 5.69 Å². The van der Waals surface area contributed by atoms with E-state index < -0.39 is 10.0 Å². The highest BCUT2D eigenvalue weighted by Gasteiger charge is 2.08. The Labute approximate surface area is 164 Å². The number of aryl methyl sites for hydroxylation is 1. The molecule has 0 spiro atoms. The first-order valence-corrected chi connectivity index (χ1v) is 10.3. The fourth-order valence-corrected chi connectivity index (χ4v) is 3.70. The Kier molecular flexibility index (Phi) is 4.71. The smallest absolute Gasteiger partial charge is 0.255 e. The molecule has 1 N–H and O–H groups in total. The molecule has 2 aromatic carbocycles. The SMILES string of the molecule is Cc1ccc(/C=C/S(=O)(=O)Nc2ccc(-c3cn4ccccc4n3)cc2)cc1. The van der Waals surface area contributed by atoms with E-state index in [0.717, 1.165) is 28.0 Å². The third-order valence-electron chi connectivity index (χ3n) is 4.32. The summed E-state index contributed by atoms with van der Waals surface area (Å²) in [7, 11) is -3.59. The number of nitrogens with one attached hydrogen (secondary N) is 1. The van der Waals surface area contributed by atoms with Crippen molar-refractivity contribution in [2.75, 3.05) is 4.72 Å². The molecule has 0 bridgehead atoms. The summed E-state index contributed by atoms with van der Waals surface area (Å²) in [5, 5.41) is 1.17. The Hall–Kier alpha value is -3.38. The summed E-state index contributed by atoms with van der Waals surface area (Å²) in [5.41, 5.74) is 5.08. The molecule has 6 heteroatoms. The molecule has 0 atom stereocenters. The molecule has 4 rings (SSSR count). The van der Waals surface area contributed by atoms with Gasteiger partial charge in [-0.25, -0.2) is 13.4 Å². The summed E-state index contributed by atoms with van der Waals surface area (Å²) >= 11 is 0. The molecule has 5 nitrogen and oxygen atoms in total. The lowest BCUT2D eigenvalue weighted by Crippen LogP contribution is -2.08. The normalized spacial score (nSPS) is 11.9. The van der Waals surface area contributed by atoms with Crippen molar-refractivity contribution >= 4 is 27.4 Å². The Morgan fingerprint density at radius 2 is 1.71 bits per heavy atom. The highest BCUT2D eigenvalue weighted by atomic mass is 32.2. The van der Waals surface area contributed by atoms with Crippen molar-refractivity contribution in [2.45, 2.75) is 6.92 Å². The van der Waals surface area contributed by atoms with Crippen molar-refractivity contribution in [3.05, 3.63) is 95.7 Å². The topological polar surface area (TPSA) is 63.5 Å². The maximum Gasteiger partial charge on any atom is 0.255 e. The molecule has 0 fully saturated rings. The number of fused-ring (bicyclic) bond motifs is 1. The fourth-order valence-electron chi connectivity index (χ4n) is 2.83. The monoisotopic (exact) mass is 389 g/mol. The molecule has 0 radical (unpaired) electrons. The number of hydrogen-bond acceptors (Lipinski definition) is 3. The molecule has 2 aromatic heterocycles. The first kappa shape index (κ1) is 18.0. The van der Waals surface area contributed by atoms with Gasteiger partial charge in [0, 0.05) is 23.6 Å². The summed E-state index contributed by atoms with van der Waals surface area (Å²) in [4.78, 5) is 4.57. The van der Waals surface area contributed by atoms with Crippen molar-refractivity contribution < 1.29 is 8.42 Å². The third-order valence-corrected chi connectivity index (χ3v) is 5.34. The maximum absolute atomic E-state index is 12.3. The molecule has 0 saturated carbocycles. The number of pyridine rings is 1.